The Hall–Kier alpha value is -2.51. The molecular weight excluding hydrogens is 424 g/mol. The van der Waals surface area contributed by atoms with Crippen LogP contribution >= 0.6 is 11.6 Å². The maximum Gasteiger partial charge on any atom is 0.254 e. The van der Waals surface area contributed by atoms with Gasteiger partial charge in [-0.15, -0.1) is 0 Å². The summed E-state index contributed by atoms with van der Waals surface area (Å²) in [4.78, 5) is 24.2. The molecule has 32 heavy (non-hydrogen) atoms. The van der Waals surface area contributed by atoms with E-state index < -0.39 is 6.10 Å². The molecule has 0 spiro atoms. The van der Waals surface area contributed by atoms with Crippen molar-refractivity contribution < 1.29 is 9.90 Å². The molecular formula is C25H27ClN4O2. The zero-order valence-electron chi connectivity index (χ0n) is 17.9. The minimum absolute atomic E-state index is 0.0234. The first kappa shape index (κ1) is 21.3. The Balaban J connectivity index is 1.21. The predicted molar refractivity (Wildman–Crippen MR) is 126 cm³/mol. The van der Waals surface area contributed by atoms with Gasteiger partial charge in [-0.1, -0.05) is 41.9 Å². The van der Waals surface area contributed by atoms with Crippen LogP contribution in [-0.4, -0.2) is 82.1 Å². The standard InChI is InChI=1S/C25H27ClN4O2/c26-19-7-5-18(6-8-19)15-28-11-13-29(14-12-28)23-16-30(17-24(23)31)25(32)21-9-10-27-22-4-2-1-3-20(21)22/h1-10,23-24,31H,11-17H2/t23-,24-/m0/s1. The number of carbonyl (C=O) groups excluding carboxylic acids is 1. The fourth-order valence-corrected chi connectivity index (χ4v) is 4.97. The molecule has 7 heteroatoms. The van der Waals surface area contributed by atoms with Crippen molar-refractivity contribution in [2.75, 3.05) is 39.3 Å². The summed E-state index contributed by atoms with van der Waals surface area (Å²) in [5.41, 5.74) is 2.72. The minimum atomic E-state index is -0.533. The number of aliphatic hydroxyl groups is 1. The number of amides is 1. The van der Waals surface area contributed by atoms with Gasteiger partial charge in [-0.05, 0) is 29.8 Å². The summed E-state index contributed by atoms with van der Waals surface area (Å²) < 4.78 is 0. The van der Waals surface area contributed by atoms with Gasteiger partial charge in [-0.3, -0.25) is 19.6 Å². The maximum absolute atomic E-state index is 13.3. The van der Waals surface area contributed by atoms with E-state index in [9.17, 15) is 9.90 Å². The van der Waals surface area contributed by atoms with Crippen LogP contribution in [0.5, 0.6) is 0 Å². The zero-order chi connectivity index (χ0) is 22.1. The van der Waals surface area contributed by atoms with Crippen molar-refractivity contribution in [3.8, 4) is 0 Å². The molecule has 0 radical (unpaired) electrons. The number of hydrogen-bond acceptors (Lipinski definition) is 5. The van der Waals surface area contributed by atoms with Crippen molar-refractivity contribution in [1.82, 2.24) is 19.7 Å². The number of rotatable bonds is 4. The third kappa shape index (κ3) is 4.36. The lowest BCUT2D eigenvalue weighted by molar-refractivity contribution is 0.0423. The van der Waals surface area contributed by atoms with Crippen LogP contribution in [-0.2, 0) is 6.54 Å². The zero-order valence-corrected chi connectivity index (χ0v) is 18.7. The number of nitrogens with zero attached hydrogens (tertiary/aromatic N) is 4. The highest BCUT2D eigenvalue weighted by Gasteiger charge is 2.39. The number of halogens is 1. The third-order valence-corrected chi connectivity index (χ3v) is 6.87. The number of fused-ring (bicyclic) bond motifs is 1. The summed E-state index contributed by atoms with van der Waals surface area (Å²) in [5, 5.41) is 12.4. The number of pyridine rings is 1. The van der Waals surface area contributed by atoms with E-state index in [1.54, 1.807) is 17.2 Å². The quantitative estimate of drug-likeness (QED) is 0.662. The number of carbonyl (C=O) groups is 1. The second-order valence-electron chi connectivity index (χ2n) is 8.66. The second kappa shape index (κ2) is 9.16. The number of benzene rings is 2. The molecule has 2 fully saturated rings. The minimum Gasteiger partial charge on any atom is -0.390 e. The van der Waals surface area contributed by atoms with Crippen LogP contribution in [0.25, 0.3) is 10.9 Å². The van der Waals surface area contributed by atoms with Gasteiger partial charge < -0.3 is 10.0 Å². The van der Waals surface area contributed by atoms with Gasteiger partial charge in [-0.2, -0.15) is 0 Å². The molecule has 0 bridgehead atoms. The SMILES string of the molecule is O=C(c1ccnc2ccccc12)N1C[C@H](O)[C@@H](N2CCN(Cc3ccc(Cl)cc3)CC2)C1. The Labute approximate surface area is 193 Å². The van der Waals surface area contributed by atoms with Gasteiger partial charge in [0.25, 0.3) is 5.91 Å². The number of piperazine rings is 1. The summed E-state index contributed by atoms with van der Waals surface area (Å²) in [6.45, 7) is 5.46. The summed E-state index contributed by atoms with van der Waals surface area (Å²) in [7, 11) is 0. The fraction of sp³-hybridized carbons (Fsp3) is 0.360. The van der Waals surface area contributed by atoms with Gasteiger partial charge in [0.15, 0.2) is 0 Å². The number of para-hydroxylation sites is 1. The Bertz CT molecular complexity index is 1090. The number of hydrogen-bond donors (Lipinski definition) is 1. The second-order valence-corrected chi connectivity index (χ2v) is 9.10. The molecule has 0 aliphatic carbocycles. The van der Waals surface area contributed by atoms with Crippen molar-refractivity contribution in [3.05, 3.63) is 76.9 Å². The number of β-amino-alcohol motifs (C(OH)–C–C–N with tert-alkyl or cyclic N) is 1. The first-order valence-electron chi connectivity index (χ1n) is 11.1. The van der Waals surface area contributed by atoms with E-state index in [4.69, 9.17) is 11.6 Å². The van der Waals surface area contributed by atoms with Crippen LogP contribution in [0.2, 0.25) is 5.02 Å². The van der Waals surface area contributed by atoms with Gasteiger partial charge in [0.2, 0.25) is 0 Å². The molecule has 2 aliphatic rings. The van der Waals surface area contributed by atoms with Crippen molar-refractivity contribution in [1.29, 1.82) is 0 Å². The van der Waals surface area contributed by atoms with Crippen molar-refractivity contribution in [2.45, 2.75) is 18.7 Å². The van der Waals surface area contributed by atoms with Gasteiger partial charge in [0.1, 0.15) is 0 Å². The first-order chi connectivity index (χ1) is 15.6. The van der Waals surface area contributed by atoms with E-state index in [2.05, 4.69) is 26.9 Å². The predicted octanol–water partition coefficient (Wildman–Crippen LogP) is 2.89. The van der Waals surface area contributed by atoms with Crippen LogP contribution < -0.4 is 0 Å². The van der Waals surface area contributed by atoms with E-state index in [0.29, 0.717) is 18.7 Å². The first-order valence-corrected chi connectivity index (χ1v) is 11.5. The number of aliphatic hydroxyl groups excluding tert-OH is 1. The summed E-state index contributed by atoms with van der Waals surface area (Å²) >= 11 is 5.99. The van der Waals surface area contributed by atoms with Gasteiger partial charge in [0, 0.05) is 62.4 Å². The molecule has 1 aromatic heterocycles. The monoisotopic (exact) mass is 450 g/mol. The molecule has 2 saturated heterocycles. The van der Waals surface area contributed by atoms with Crippen LogP contribution in [0, 0.1) is 0 Å². The van der Waals surface area contributed by atoms with Crippen molar-refractivity contribution >= 4 is 28.4 Å². The molecule has 166 valence electrons. The normalized spacial score (nSPS) is 22.5. The molecule has 2 aliphatic heterocycles. The Kier molecular flexibility index (Phi) is 6.11. The number of likely N-dealkylation sites (tertiary alicyclic amines) is 1. The molecule has 5 rings (SSSR count). The highest BCUT2D eigenvalue weighted by Crippen LogP contribution is 2.24. The Morgan fingerprint density at radius 3 is 2.53 bits per heavy atom. The van der Waals surface area contributed by atoms with Crippen LogP contribution in [0.15, 0.2) is 60.8 Å². The molecule has 3 aromatic rings. The van der Waals surface area contributed by atoms with Crippen LogP contribution in [0.4, 0.5) is 0 Å². The van der Waals surface area contributed by atoms with Crippen molar-refractivity contribution in [2.24, 2.45) is 0 Å². The number of aromatic nitrogens is 1. The van der Waals surface area contributed by atoms with Crippen LogP contribution in [0.3, 0.4) is 0 Å². The van der Waals surface area contributed by atoms with Crippen molar-refractivity contribution in [3.63, 3.8) is 0 Å². The lowest BCUT2D eigenvalue weighted by Gasteiger charge is -2.38. The Morgan fingerprint density at radius 1 is 1.00 bits per heavy atom. The lowest BCUT2D eigenvalue weighted by Crippen LogP contribution is -2.53. The smallest absolute Gasteiger partial charge is 0.254 e. The largest absolute Gasteiger partial charge is 0.390 e. The molecule has 3 heterocycles. The average Bonchev–Trinajstić information content (AvgIpc) is 3.22. The van der Waals surface area contributed by atoms with E-state index >= 15 is 0 Å². The van der Waals surface area contributed by atoms with E-state index in [1.165, 1.54) is 5.56 Å². The molecule has 0 saturated carbocycles. The summed E-state index contributed by atoms with van der Waals surface area (Å²) in [6.07, 6.45) is 1.15. The molecule has 2 aromatic carbocycles. The lowest BCUT2D eigenvalue weighted by atomic mass is 10.1. The third-order valence-electron chi connectivity index (χ3n) is 6.62. The molecule has 0 unspecified atom stereocenters. The maximum atomic E-state index is 13.3. The molecule has 2 atom stereocenters. The topological polar surface area (TPSA) is 59.9 Å². The van der Waals surface area contributed by atoms with Crippen LogP contribution in [0.1, 0.15) is 15.9 Å². The van der Waals surface area contributed by atoms with Gasteiger partial charge in [-0.25, -0.2) is 0 Å². The highest BCUT2D eigenvalue weighted by atomic mass is 35.5. The summed E-state index contributed by atoms with van der Waals surface area (Å²) in [6, 6.07) is 17.4. The highest BCUT2D eigenvalue weighted by molar-refractivity contribution is 6.30. The molecule has 1 N–H and O–H groups in total. The van der Waals surface area contributed by atoms with E-state index in [0.717, 1.165) is 48.6 Å². The average molecular weight is 451 g/mol. The van der Waals surface area contributed by atoms with Gasteiger partial charge >= 0.3 is 0 Å². The van der Waals surface area contributed by atoms with Gasteiger partial charge in [0.05, 0.1) is 23.2 Å². The fourth-order valence-electron chi connectivity index (χ4n) is 4.85. The Morgan fingerprint density at radius 2 is 1.75 bits per heavy atom. The summed E-state index contributed by atoms with van der Waals surface area (Å²) in [5.74, 6) is -0.0356. The van der Waals surface area contributed by atoms with E-state index in [1.807, 2.05) is 36.4 Å². The van der Waals surface area contributed by atoms with E-state index in [-0.39, 0.29) is 11.9 Å². The molecule has 1 amide bonds. The molecule has 6 nitrogen and oxygen atoms in total.